The number of thiazole rings is 1. The van der Waals surface area contributed by atoms with Crippen LogP contribution in [-0.2, 0) is 0 Å². The van der Waals surface area contributed by atoms with Crippen molar-refractivity contribution >= 4 is 23.1 Å². The van der Waals surface area contributed by atoms with E-state index in [0.29, 0.717) is 13.1 Å². The van der Waals surface area contributed by atoms with Crippen molar-refractivity contribution in [2.24, 2.45) is 0 Å². The van der Waals surface area contributed by atoms with Crippen molar-refractivity contribution in [3.63, 3.8) is 0 Å². The lowest BCUT2D eigenvalue weighted by Crippen LogP contribution is -2.49. The zero-order valence-electron chi connectivity index (χ0n) is 18.1. The van der Waals surface area contributed by atoms with Crippen molar-refractivity contribution in [1.82, 2.24) is 24.4 Å². The zero-order chi connectivity index (χ0) is 22.1. The number of nitrogens with zero attached hydrogens (tertiary/aromatic N) is 6. The molecule has 0 aliphatic carbocycles. The monoisotopic (exact) mass is 444 g/mol. The maximum absolute atomic E-state index is 13.2. The number of piperazine rings is 1. The predicted octanol–water partition coefficient (Wildman–Crippen LogP) is 3.97. The molecular formula is C24H24N6OS. The Bertz CT molecular complexity index is 1230. The highest BCUT2D eigenvalue weighted by Crippen LogP contribution is 2.29. The van der Waals surface area contributed by atoms with E-state index in [1.165, 1.54) is 11.3 Å². The Kier molecular flexibility index (Phi) is 5.45. The van der Waals surface area contributed by atoms with Gasteiger partial charge >= 0.3 is 0 Å². The highest BCUT2D eigenvalue weighted by molar-refractivity contribution is 7.17. The van der Waals surface area contributed by atoms with Gasteiger partial charge in [-0.3, -0.25) is 4.79 Å². The van der Waals surface area contributed by atoms with Crippen molar-refractivity contribution in [3.05, 3.63) is 77.3 Å². The smallest absolute Gasteiger partial charge is 0.265 e. The minimum absolute atomic E-state index is 0.0636. The molecule has 8 heteroatoms. The molecule has 0 saturated carbocycles. The summed E-state index contributed by atoms with van der Waals surface area (Å²) in [6.45, 7) is 6.59. The van der Waals surface area contributed by atoms with Crippen LogP contribution < -0.4 is 4.90 Å². The Hall–Kier alpha value is -3.52. The second-order valence-electron chi connectivity index (χ2n) is 7.80. The van der Waals surface area contributed by atoms with Gasteiger partial charge in [0.05, 0.1) is 5.69 Å². The molecule has 4 heterocycles. The highest BCUT2D eigenvalue weighted by atomic mass is 32.1. The van der Waals surface area contributed by atoms with Gasteiger partial charge in [0.2, 0.25) is 0 Å². The van der Waals surface area contributed by atoms with E-state index >= 15 is 0 Å². The van der Waals surface area contributed by atoms with Gasteiger partial charge < -0.3 is 14.4 Å². The van der Waals surface area contributed by atoms with Crippen LogP contribution in [0.3, 0.4) is 0 Å². The van der Waals surface area contributed by atoms with Crippen LogP contribution in [0, 0.1) is 13.8 Å². The van der Waals surface area contributed by atoms with Crippen molar-refractivity contribution in [2.75, 3.05) is 31.1 Å². The molecule has 3 aromatic heterocycles. The van der Waals surface area contributed by atoms with E-state index in [1.54, 1.807) is 0 Å². The van der Waals surface area contributed by atoms with E-state index in [0.717, 1.165) is 51.7 Å². The lowest BCUT2D eigenvalue weighted by molar-refractivity contribution is 0.0750. The largest absolute Gasteiger partial charge is 0.353 e. The fourth-order valence-electron chi connectivity index (χ4n) is 3.90. The maximum atomic E-state index is 13.2. The van der Waals surface area contributed by atoms with Gasteiger partial charge in [0.15, 0.2) is 0 Å². The molecule has 0 radical (unpaired) electrons. The van der Waals surface area contributed by atoms with E-state index < -0.39 is 0 Å². The number of aryl methyl sites for hydroxylation is 2. The summed E-state index contributed by atoms with van der Waals surface area (Å²) in [5.41, 5.74) is 1.84. The molecule has 0 bridgehead atoms. The summed E-state index contributed by atoms with van der Waals surface area (Å²) in [7, 11) is 0. The number of carbonyl (C=O) groups is 1. The molecule has 0 unspecified atom stereocenters. The van der Waals surface area contributed by atoms with Crippen molar-refractivity contribution in [1.29, 1.82) is 0 Å². The van der Waals surface area contributed by atoms with E-state index in [1.807, 2.05) is 84.2 Å². The molecule has 0 atom stereocenters. The van der Waals surface area contributed by atoms with Gasteiger partial charge in [-0.15, -0.1) is 11.3 Å². The average Bonchev–Trinajstić information content (AvgIpc) is 3.49. The van der Waals surface area contributed by atoms with Gasteiger partial charge in [0.1, 0.15) is 27.3 Å². The standard InChI is InChI=1S/C24H24N6OS/c1-17-22(32-23(25-17)19-8-4-3-5-9-19)24(31)30-14-12-29(13-15-30)21-16-20(26-18(2)27-21)28-10-6-7-11-28/h3-11,16H,12-15H2,1-2H3. The van der Waals surface area contributed by atoms with Gasteiger partial charge in [0, 0.05) is 50.2 Å². The molecule has 32 heavy (non-hydrogen) atoms. The van der Waals surface area contributed by atoms with Crippen molar-refractivity contribution in [3.8, 4) is 16.4 Å². The number of carbonyl (C=O) groups excluding carboxylic acids is 1. The molecule has 1 aliphatic rings. The molecular weight excluding hydrogens is 420 g/mol. The normalized spacial score (nSPS) is 14.1. The summed E-state index contributed by atoms with van der Waals surface area (Å²) < 4.78 is 1.98. The fourth-order valence-corrected chi connectivity index (χ4v) is 4.94. The molecule has 0 N–H and O–H groups in total. The number of hydrogen-bond acceptors (Lipinski definition) is 6. The third-order valence-corrected chi connectivity index (χ3v) is 6.78. The molecule has 1 saturated heterocycles. The van der Waals surface area contributed by atoms with Crippen LogP contribution in [0.25, 0.3) is 16.4 Å². The second-order valence-corrected chi connectivity index (χ2v) is 8.80. The third-order valence-electron chi connectivity index (χ3n) is 5.58. The SMILES string of the molecule is Cc1nc(N2CCN(C(=O)c3sc(-c4ccccc4)nc3C)CC2)cc(-n2cccc2)n1. The lowest BCUT2D eigenvalue weighted by Gasteiger charge is -2.35. The van der Waals surface area contributed by atoms with Gasteiger partial charge in [-0.2, -0.15) is 0 Å². The lowest BCUT2D eigenvalue weighted by atomic mass is 10.2. The summed E-state index contributed by atoms with van der Waals surface area (Å²) in [5, 5.41) is 0.888. The molecule has 1 fully saturated rings. The Morgan fingerprint density at radius 3 is 2.28 bits per heavy atom. The third kappa shape index (κ3) is 4.01. The summed E-state index contributed by atoms with van der Waals surface area (Å²) in [5.74, 6) is 2.55. The van der Waals surface area contributed by atoms with Gasteiger partial charge in [0.25, 0.3) is 5.91 Å². The van der Waals surface area contributed by atoms with Crippen LogP contribution in [0.4, 0.5) is 5.82 Å². The van der Waals surface area contributed by atoms with E-state index in [2.05, 4.69) is 19.9 Å². The Balaban J connectivity index is 1.29. The summed E-state index contributed by atoms with van der Waals surface area (Å²) in [4.78, 5) is 31.9. The van der Waals surface area contributed by atoms with Crippen LogP contribution in [0.5, 0.6) is 0 Å². The summed E-state index contributed by atoms with van der Waals surface area (Å²) in [6, 6.07) is 16.0. The first-order chi connectivity index (χ1) is 15.6. The van der Waals surface area contributed by atoms with Crippen molar-refractivity contribution < 1.29 is 4.79 Å². The number of anilines is 1. The van der Waals surface area contributed by atoms with E-state index in [-0.39, 0.29) is 5.91 Å². The van der Waals surface area contributed by atoms with Crippen LogP contribution in [0.1, 0.15) is 21.2 Å². The van der Waals surface area contributed by atoms with Crippen LogP contribution in [-0.4, -0.2) is 56.5 Å². The quantitative estimate of drug-likeness (QED) is 0.477. The van der Waals surface area contributed by atoms with Crippen LogP contribution in [0.2, 0.25) is 0 Å². The molecule has 4 aromatic rings. The minimum Gasteiger partial charge on any atom is -0.353 e. The highest BCUT2D eigenvalue weighted by Gasteiger charge is 2.26. The number of benzene rings is 1. The molecule has 162 valence electrons. The predicted molar refractivity (Wildman–Crippen MR) is 126 cm³/mol. The molecule has 7 nitrogen and oxygen atoms in total. The summed E-state index contributed by atoms with van der Waals surface area (Å²) in [6.07, 6.45) is 3.95. The number of hydrogen-bond donors (Lipinski definition) is 0. The Labute approximate surface area is 191 Å². The minimum atomic E-state index is 0.0636. The maximum Gasteiger partial charge on any atom is 0.265 e. The number of amides is 1. The topological polar surface area (TPSA) is 67.2 Å². The first-order valence-electron chi connectivity index (χ1n) is 10.6. The van der Waals surface area contributed by atoms with Crippen LogP contribution >= 0.6 is 11.3 Å². The average molecular weight is 445 g/mol. The van der Waals surface area contributed by atoms with E-state index in [9.17, 15) is 4.79 Å². The molecule has 1 amide bonds. The van der Waals surface area contributed by atoms with Crippen LogP contribution in [0.15, 0.2) is 60.9 Å². The molecule has 1 aromatic carbocycles. The molecule has 1 aliphatic heterocycles. The second kappa shape index (κ2) is 8.55. The zero-order valence-corrected chi connectivity index (χ0v) is 18.9. The van der Waals surface area contributed by atoms with Gasteiger partial charge in [-0.1, -0.05) is 30.3 Å². The van der Waals surface area contributed by atoms with E-state index in [4.69, 9.17) is 0 Å². The molecule has 0 spiro atoms. The first-order valence-corrected chi connectivity index (χ1v) is 11.5. The first kappa shape index (κ1) is 20.4. The Morgan fingerprint density at radius 1 is 0.875 bits per heavy atom. The van der Waals surface area contributed by atoms with Gasteiger partial charge in [-0.05, 0) is 26.0 Å². The number of rotatable bonds is 4. The molecule has 5 rings (SSSR count). The van der Waals surface area contributed by atoms with Crippen molar-refractivity contribution in [2.45, 2.75) is 13.8 Å². The Morgan fingerprint density at radius 2 is 1.56 bits per heavy atom. The summed E-state index contributed by atoms with van der Waals surface area (Å²) >= 11 is 1.47. The number of aromatic nitrogens is 4. The fraction of sp³-hybridized carbons (Fsp3) is 0.250. The van der Waals surface area contributed by atoms with Gasteiger partial charge in [-0.25, -0.2) is 15.0 Å².